The van der Waals surface area contributed by atoms with E-state index in [0.29, 0.717) is 12.8 Å². The molecule has 0 aromatic carbocycles. The molecule has 90 valence electrons. The van der Waals surface area contributed by atoms with Gasteiger partial charge in [0.15, 0.2) is 0 Å². The van der Waals surface area contributed by atoms with Crippen molar-refractivity contribution in [3.63, 3.8) is 0 Å². The van der Waals surface area contributed by atoms with Gasteiger partial charge >= 0.3 is 6.09 Å². The molecule has 2 saturated heterocycles. The van der Waals surface area contributed by atoms with Gasteiger partial charge in [0.2, 0.25) is 0 Å². The minimum atomic E-state index is -0.870. The summed E-state index contributed by atoms with van der Waals surface area (Å²) in [6.07, 6.45) is 1.57. The zero-order chi connectivity index (χ0) is 12.1. The Kier molecular flexibility index (Phi) is 2.30. The lowest BCUT2D eigenvalue weighted by Gasteiger charge is -2.50. The molecule has 4 nitrogen and oxygen atoms in total. The largest absolute Gasteiger partial charge is 0.465 e. The zero-order valence-electron chi connectivity index (χ0n) is 10.1. The summed E-state index contributed by atoms with van der Waals surface area (Å²) in [6.45, 7) is 6.10. The van der Waals surface area contributed by atoms with Gasteiger partial charge in [-0.1, -0.05) is 20.8 Å². The predicted octanol–water partition coefficient (Wildman–Crippen LogP) is 2.28. The molecule has 2 aliphatic heterocycles. The molecule has 0 aliphatic carbocycles. The van der Waals surface area contributed by atoms with E-state index in [1.54, 1.807) is 4.90 Å². The molecule has 0 radical (unpaired) electrons. The molecule has 16 heavy (non-hydrogen) atoms. The smallest absolute Gasteiger partial charge is 0.408 e. The fraction of sp³-hybridized carbons (Fsp3) is 0.833. The van der Waals surface area contributed by atoms with Crippen LogP contribution in [-0.4, -0.2) is 33.5 Å². The van der Waals surface area contributed by atoms with Crippen molar-refractivity contribution in [2.24, 2.45) is 5.41 Å². The Hall–Kier alpha value is -1.06. The number of amides is 1. The fourth-order valence-corrected chi connectivity index (χ4v) is 3.37. The van der Waals surface area contributed by atoms with Gasteiger partial charge in [0.25, 0.3) is 0 Å². The van der Waals surface area contributed by atoms with E-state index in [1.165, 1.54) is 0 Å². The molecular weight excluding hydrogens is 206 g/mol. The Morgan fingerprint density at radius 1 is 1.50 bits per heavy atom. The summed E-state index contributed by atoms with van der Waals surface area (Å²) in [5, 5.41) is 9.35. The number of carbonyl (C=O) groups excluding carboxylic acids is 1. The van der Waals surface area contributed by atoms with Gasteiger partial charge in [0.1, 0.15) is 5.78 Å². The second-order valence-corrected chi connectivity index (χ2v) is 6.05. The Morgan fingerprint density at radius 3 is 2.62 bits per heavy atom. The van der Waals surface area contributed by atoms with Gasteiger partial charge in [-0.05, 0) is 18.3 Å². The molecule has 2 bridgehead atoms. The van der Waals surface area contributed by atoms with Crippen LogP contribution in [0.4, 0.5) is 4.79 Å². The second-order valence-electron chi connectivity index (χ2n) is 6.05. The maximum Gasteiger partial charge on any atom is 0.408 e. The third-order valence-corrected chi connectivity index (χ3v) is 4.27. The molecular formula is C12H19NO3. The Bertz CT molecular complexity index is 345. The summed E-state index contributed by atoms with van der Waals surface area (Å²) < 4.78 is 0. The van der Waals surface area contributed by atoms with Gasteiger partial charge < -0.3 is 5.11 Å². The van der Waals surface area contributed by atoms with Crippen LogP contribution < -0.4 is 0 Å². The van der Waals surface area contributed by atoms with Gasteiger partial charge in [0, 0.05) is 18.9 Å². The van der Waals surface area contributed by atoms with E-state index in [4.69, 9.17) is 0 Å². The summed E-state index contributed by atoms with van der Waals surface area (Å²) in [6, 6.07) is -0.0852. The number of piperidine rings is 1. The topological polar surface area (TPSA) is 57.6 Å². The van der Waals surface area contributed by atoms with Crippen molar-refractivity contribution >= 4 is 11.9 Å². The maximum atomic E-state index is 11.7. The quantitative estimate of drug-likeness (QED) is 0.688. The Labute approximate surface area is 95.6 Å². The minimum absolute atomic E-state index is 0.0852. The summed E-state index contributed by atoms with van der Waals surface area (Å²) in [4.78, 5) is 24.7. The molecule has 4 heteroatoms. The number of Topliss-reactive ketones (excluding diaryl/α,β-unsaturated/α-hetero) is 1. The standard InChI is InChI=1S/C12H19NO3/c1-11(2,3)12-5-4-8(6-9(14)7-12)13(12)10(15)16/h8H,4-7H2,1-3H3,(H,15,16)/t8-,12+/m0/s1. The van der Waals surface area contributed by atoms with Gasteiger partial charge in [-0.15, -0.1) is 0 Å². The van der Waals surface area contributed by atoms with Crippen LogP contribution in [0.3, 0.4) is 0 Å². The lowest BCUT2D eigenvalue weighted by Crippen LogP contribution is -2.61. The van der Waals surface area contributed by atoms with E-state index >= 15 is 0 Å². The first kappa shape index (κ1) is 11.4. The maximum absolute atomic E-state index is 11.7. The first-order chi connectivity index (χ1) is 7.28. The van der Waals surface area contributed by atoms with Crippen molar-refractivity contribution in [3.8, 4) is 0 Å². The van der Waals surface area contributed by atoms with Crippen LogP contribution in [0.5, 0.6) is 0 Å². The zero-order valence-corrected chi connectivity index (χ0v) is 10.1. The van der Waals surface area contributed by atoms with Crippen molar-refractivity contribution in [3.05, 3.63) is 0 Å². The monoisotopic (exact) mass is 225 g/mol. The average Bonchev–Trinajstić information content (AvgIpc) is 2.35. The van der Waals surface area contributed by atoms with Crippen LogP contribution in [0.1, 0.15) is 46.5 Å². The number of hydrogen-bond donors (Lipinski definition) is 1. The van der Waals surface area contributed by atoms with Crippen LogP contribution >= 0.6 is 0 Å². The minimum Gasteiger partial charge on any atom is -0.465 e. The Morgan fingerprint density at radius 2 is 2.12 bits per heavy atom. The fourth-order valence-electron chi connectivity index (χ4n) is 3.37. The number of carbonyl (C=O) groups is 2. The summed E-state index contributed by atoms with van der Waals surface area (Å²) in [7, 11) is 0. The van der Waals surface area contributed by atoms with Crippen LogP contribution in [0.15, 0.2) is 0 Å². The molecule has 0 aromatic rings. The van der Waals surface area contributed by atoms with Crippen molar-refractivity contribution in [2.45, 2.75) is 58.0 Å². The van der Waals surface area contributed by atoms with Gasteiger partial charge in [-0.25, -0.2) is 4.79 Å². The SMILES string of the molecule is CC(C)(C)[C@@]12CC[C@@H](CC(=O)C1)N2C(=O)O. The summed E-state index contributed by atoms with van der Waals surface area (Å²) >= 11 is 0. The molecule has 2 atom stereocenters. The van der Waals surface area contributed by atoms with E-state index in [1.807, 2.05) is 20.8 Å². The number of ketones is 1. The highest BCUT2D eigenvalue weighted by Crippen LogP contribution is 2.52. The Balaban J connectivity index is 2.46. The van der Waals surface area contributed by atoms with Gasteiger partial charge in [0.05, 0.1) is 5.54 Å². The molecule has 0 spiro atoms. The molecule has 0 saturated carbocycles. The summed E-state index contributed by atoms with van der Waals surface area (Å²) in [5.74, 6) is 0.218. The summed E-state index contributed by atoms with van der Waals surface area (Å²) in [5.41, 5.74) is -0.658. The molecule has 2 aliphatic rings. The van der Waals surface area contributed by atoms with E-state index in [9.17, 15) is 14.7 Å². The van der Waals surface area contributed by atoms with Crippen LogP contribution in [0.2, 0.25) is 0 Å². The highest BCUT2D eigenvalue weighted by molar-refractivity contribution is 5.84. The number of rotatable bonds is 0. The number of hydrogen-bond acceptors (Lipinski definition) is 2. The molecule has 0 aromatic heterocycles. The van der Waals surface area contributed by atoms with Crippen molar-refractivity contribution < 1.29 is 14.7 Å². The highest BCUT2D eigenvalue weighted by atomic mass is 16.4. The van der Waals surface area contributed by atoms with E-state index < -0.39 is 11.6 Å². The molecule has 2 fully saturated rings. The van der Waals surface area contributed by atoms with E-state index in [2.05, 4.69) is 0 Å². The average molecular weight is 225 g/mol. The molecule has 2 heterocycles. The molecule has 2 rings (SSSR count). The van der Waals surface area contributed by atoms with Crippen LogP contribution in [-0.2, 0) is 4.79 Å². The second kappa shape index (κ2) is 3.22. The number of carboxylic acid groups (broad SMARTS) is 1. The van der Waals surface area contributed by atoms with E-state index in [-0.39, 0.29) is 17.2 Å². The number of nitrogens with zero attached hydrogens (tertiary/aromatic N) is 1. The van der Waals surface area contributed by atoms with Crippen LogP contribution in [0.25, 0.3) is 0 Å². The van der Waals surface area contributed by atoms with Crippen molar-refractivity contribution in [1.82, 2.24) is 4.90 Å². The van der Waals surface area contributed by atoms with Crippen LogP contribution in [0, 0.1) is 5.41 Å². The van der Waals surface area contributed by atoms with Gasteiger partial charge in [-0.3, -0.25) is 9.69 Å². The third-order valence-electron chi connectivity index (χ3n) is 4.27. The van der Waals surface area contributed by atoms with Crippen molar-refractivity contribution in [1.29, 1.82) is 0 Å². The predicted molar refractivity (Wildman–Crippen MR) is 59.3 cm³/mol. The molecule has 0 unspecified atom stereocenters. The van der Waals surface area contributed by atoms with Gasteiger partial charge in [-0.2, -0.15) is 0 Å². The number of fused-ring (bicyclic) bond motifs is 2. The normalized spacial score (nSPS) is 34.3. The molecule has 1 amide bonds. The molecule has 1 N–H and O–H groups in total. The first-order valence-electron chi connectivity index (χ1n) is 5.82. The third kappa shape index (κ3) is 1.35. The lowest BCUT2D eigenvalue weighted by molar-refractivity contribution is -0.129. The first-order valence-corrected chi connectivity index (χ1v) is 5.82. The highest BCUT2D eigenvalue weighted by Gasteiger charge is 2.59. The lowest BCUT2D eigenvalue weighted by atomic mass is 9.68. The van der Waals surface area contributed by atoms with Crippen molar-refractivity contribution in [2.75, 3.05) is 0 Å². The van der Waals surface area contributed by atoms with E-state index in [0.717, 1.165) is 12.8 Å².